The zero-order valence-corrected chi connectivity index (χ0v) is 18.1. The molecule has 4 aromatic rings. The lowest BCUT2D eigenvalue weighted by molar-refractivity contribution is -0.384. The van der Waals surface area contributed by atoms with Crippen LogP contribution < -0.4 is 10.1 Å². The van der Waals surface area contributed by atoms with Gasteiger partial charge in [0.1, 0.15) is 5.82 Å². The van der Waals surface area contributed by atoms with Crippen LogP contribution in [0.25, 0.3) is 16.9 Å². The molecule has 1 atom stereocenters. The fourth-order valence-electron chi connectivity index (χ4n) is 4.26. The van der Waals surface area contributed by atoms with Crippen LogP contribution in [0.1, 0.15) is 23.5 Å². The maximum absolute atomic E-state index is 12.8. The first-order valence-corrected chi connectivity index (χ1v) is 10.6. The highest BCUT2D eigenvalue weighted by Crippen LogP contribution is 2.45. The van der Waals surface area contributed by atoms with Gasteiger partial charge in [-0.2, -0.15) is 5.10 Å². The molecule has 9 nitrogen and oxygen atoms in total. The maximum atomic E-state index is 12.8. The van der Waals surface area contributed by atoms with Crippen molar-refractivity contribution in [1.82, 2.24) is 9.78 Å². The van der Waals surface area contributed by atoms with Crippen LogP contribution in [0.5, 0.6) is 11.5 Å². The van der Waals surface area contributed by atoms with Gasteiger partial charge in [-0.15, -0.1) is 0 Å². The van der Waals surface area contributed by atoms with Crippen LogP contribution in [0.4, 0.5) is 11.5 Å². The van der Waals surface area contributed by atoms with E-state index in [1.807, 2.05) is 30.3 Å². The number of carbonyl (C=O) groups is 1. The van der Waals surface area contributed by atoms with Gasteiger partial charge in [0.05, 0.1) is 23.4 Å². The topological polar surface area (TPSA) is 120 Å². The minimum atomic E-state index is -0.465. The second-order valence-corrected chi connectivity index (χ2v) is 7.90. The Kier molecular flexibility index (Phi) is 5.21. The summed E-state index contributed by atoms with van der Waals surface area (Å²) in [5, 5.41) is 28.9. The van der Waals surface area contributed by atoms with Crippen LogP contribution in [-0.2, 0) is 4.79 Å². The van der Waals surface area contributed by atoms with E-state index >= 15 is 0 Å². The van der Waals surface area contributed by atoms with Crippen molar-refractivity contribution in [1.29, 1.82) is 0 Å². The number of aromatic nitrogens is 2. The molecule has 0 radical (unpaired) electrons. The largest absolute Gasteiger partial charge is 0.504 e. The minimum absolute atomic E-state index is 0.0107. The average Bonchev–Trinajstić information content (AvgIpc) is 3.24. The fourth-order valence-corrected chi connectivity index (χ4v) is 4.26. The van der Waals surface area contributed by atoms with E-state index in [1.165, 1.54) is 19.2 Å². The molecular formula is C25H20N4O5. The number of aromatic hydroxyl groups is 1. The molecule has 2 N–H and O–H groups in total. The number of non-ortho nitro benzene ring substituents is 1. The van der Waals surface area contributed by atoms with Gasteiger partial charge < -0.3 is 15.2 Å². The maximum Gasteiger partial charge on any atom is 0.269 e. The van der Waals surface area contributed by atoms with Crippen LogP contribution in [0, 0.1) is 10.1 Å². The lowest BCUT2D eigenvalue weighted by atomic mass is 9.84. The smallest absolute Gasteiger partial charge is 0.269 e. The second kappa shape index (κ2) is 8.36. The predicted octanol–water partition coefficient (Wildman–Crippen LogP) is 4.64. The van der Waals surface area contributed by atoms with Gasteiger partial charge in [-0.1, -0.05) is 36.4 Å². The number of carbonyl (C=O) groups excluding carboxylic acids is 1. The number of nitrogens with one attached hydrogen (secondary N) is 1. The standard InChI is InChI=1S/C25H20N4O5/c1-34-21-13-16(7-12-20(21)30)19-14-22(31)26-25-23(19)24(15-5-3-2-4-6-15)27-28(25)17-8-10-18(11-9-17)29(32)33/h2-13,19,30H,14H2,1H3,(H,26,31)/t19-/m1/s1. The van der Waals surface area contributed by atoms with Gasteiger partial charge in [-0.05, 0) is 29.8 Å². The SMILES string of the molecule is COc1cc([C@H]2CC(=O)Nc3c2c(-c2ccccc2)nn3-c2ccc([N+](=O)[O-])cc2)ccc1O. The number of nitro groups is 1. The number of benzene rings is 3. The number of methoxy groups -OCH3 is 1. The zero-order chi connectivity index (χ0) is 23.8. The summed E-state index contributed by atoms with van der Waals surface area (Å²) < 4.78 is 6.89. The highest BCUT2D eigenvalue weighted by Gasteiger charge is 2.34. The Balaban J connectivity index is 1.73. The van der Waals surface area contributed by atoms with E-state index in [0.717, 1.165) is 16.7 Å². The first-order valence-electron chi connectivity index (χ1n) is 10.6. The molecule has 2 heterocycles. The number of phenols is 1. The first kappa shape index (κ1) is 21.2. The van der Waals surface area contributed by atoms with E-state index in [-0.39, 0.29) is 29.7 Å². The molecule has 5 rings (SSSR count). The molecule has 0 saturated carbocycles. The monoisotopic (exact) mass is 456 g/mol. The van der Waals surface area contributed by atoms with Crippen molar-refractivity contribution in [3.05, 3.63) is 94.0 Å². The van der Waals surface area contributed by atoms with Crippen LogP contribution in [0.2, 0.25) is 0 Å². The molecule has 1 aliphatic rings. The Bertz CT molecular complexity index is 1400. The molecule has 0 bridgehead atoms. The predicted molar refractivity (Wildman–Crippen MR) is 125 cm³/mol. The Hall–Kier alpha value is -4.66. The third kappa shape index (κ3) is 3.62. The van der Waals surface area contributed by atoms with Crippen molar-refractivity contribution in [3.8, 4) is 28.4 Å². The number of nitro benzene ring substituents is 1. The number of phenolic OH excluding ortho intramolecular Hbond substituents is 1. The summed E-state index contributed by atoms with van der Waals surface area (Å²) in [5.74, 6) is 0.291. The molecule has 1 aromatic heterocycles. The molecule has 0 spiro atoms. The first-order chi connectivity index (χ1) is 16.5. The molecule has 0 saturated heterocycles. The number of hydrogen-bond donors (Lipinski definition) is 2. The van der Waals surface area contributed by atoms with Crippen LogP contribution in [0.3, 0.4) is 0 Å². The highest BCUT2D eigenvalue weighted by atomic mass is 16.6. The Morgan fingerprint density at radius 3 is 2.53 bits per heavy atom. The average molecular weight is 456 g/mol. The third-order valence-electron chi connectivity index (χ3n) is 5.88. The van der Waals surface area contributed by atoms with Crippen LogP contribution in [-0.4, -0.2) is 32.8 Å². The molecular weight excluding hydrogens is 436 g/mol. The molecule has 34 heavy (non-hydrogen) atoms. The van der Waals surface area contributed by atoms with Crippen LogP contribution >= 0.6 is 0 Å². The van der Waals surface area contributed by atoms with Crippen molar-refractivity contribution in [2.45, 2.75) is 12.3 Å². The number of hydrogen-bond acceptors (Lipinski definition) is 6. The van der Waals surface area contributed by atoms with E-state index in [9.17, 15) is 20.0 Å². The summed E-state index contributed by atoms with van der Waals surface area (Å²) in [5.41, 5.74) is 3.71. The Morgan fingerprint density at radius 2 is 1.85 bits per heavy atom. The summed E-state index contributed by atoms with van der Waals surface area (Å²) in [6.45, 7) is 0. The second-order valence-electron chi connectivity index (χ2n) is 7.90. The van der Waals surface area contributed by atoms with Crippen molar-refractivity contribution >= 4 is 17.4 Å². The molecule has 3 aromatic carbocycles. The highest BCUT2D eigenvalue weighted by molar-refractivity contribution is 5.96. The van der Waals surface area contributed by atoms with Crippen molar-refractivity contribution in [3.63, 3.8) is 0 Å². The minimum Gasteiger partial charge on any atom is -0.504 e. The molecule has 170 valence electrons. The molecule has 0 aliphatic carbocycles. The van der Waals surface area contributed by atoms with Gasteiger partial charge in [0.25, 0.3) is 5.69 Å². The van der Waals surface area contributed by atoms with Gasteiger partial charge in [0.2, 0.25) is 5.91 Å². The summed E-state index contributed by atoms with van der Waals surface area (Å²) in [4.78, 5) is 23.4. The number of anilines is 1. The lowest BCUT2D eigenvalue weighted by Crippen LogP contribution is -2.24. The molecule has 1 aliphatic heterocycles. The molecule has 1 amide bonds. The van der Waals surface area contributed by atoms with E-state index in [4.69, 9.17) is 9.84 Å². The van der Waals surface area contributed by atoms with Gasteiger partial charge in [0.15, 0.2) is 11.5 Å². The van der Waals surface area contributed by atoms with E-state index < -0.39 is 4.92 Å². The van der Waals surface area contributed by atoms with Crippen LogP contribution in [0.15, 0.2) is 72.8 Å². The Morgan fingerprint density at radius 1 is 1.12 bits per heavy atom. The van der Waals surface area contributed by atoms with Gasteiger partial charge in [0, 0.05) is 35.6 Å². The Labute approximate surface area is 194 Å². The number of fused-ring (bicyclic) bond motifs is 1. The number of amides is 1. The molecule has 9 heteroatoms. The van der Waals surface area contributed by atoms with E-state index in [2.05, 4.69) is 5.32 Å². The third-order valence-corrected chi connectivity index (χ3v) is 5.88. The summed E-state index contributed by atoms with van der Waals surface area (Å²) in [7, 11) is 1.47. The summed E-state index contributed by atoms with van der Waals surface area (Å²) in [6.07, 6.45) is 0.187. The molecule has 0 unspecified atom stereocenters. The van der Waals surface area contributed by atoms with E-state index in [0.29, 0.717) is 22.9 Å². The lowest BCUT2D eigenvalue weighted by Gasteiger charge is -2.25. The number of nitrogens with zero attached hydrogens (tertiary/aromatic N) is 3. The van der Waals surface area contributed by atoms with Crippen molar-refractivity contribution in [2.24, 2.45) is 0 Å². The summed E-state index contributed by atoms with van der Waals surface area (Å²) >= 11 is 0. The van der Waals surface area contributed by atoms with E-state index in [1.54, 1.807) is 35.0 Å². The van der Waals surface area contributed by atoms with Gasteiger partial charge >= 0.3 is 0 Å². The zero-order valence-electron chi connectivity index (χ0n) is 18.1. The number of rotatable bonds is 5. The van der Waals surface area contributed by atoms with Crippen molar-refractivity contribution < 1.29 is 19.6 Å². The van der Waals surface area contributed by atoms with Gasteiger partial charge in [-0.3, -0.25) is 14.9 Å². The van der Waals surface area contributed by atoms with Gasteiger partial charge in [-0.25, -0.2) is 4.68 Å². The number of ether oxygens (including phenoxy) is 1. The van der Waals surface area contributed by atoms with Crippen molar-refractivity contribution in [2.75, 3.05) is 12.4 Å². The quantitative estimate of drug-likeness (QED) is 0.334. The fraction of sp³-hybridized carbons (Fsp3) is 0.120. The normalized spacial score (nSPS) is 14.9. The summed E-state index contributed by atoms with van der Waals surface area (Å²) in [6, 6.07) is 20.6. The molecule has 0 fully saturated rings.